The predicted molar refractivity (Wildman–Crippen MR) is 92.0 cm³/mol. The Kier molecular flexibility index (Phi) is 7.16. The third-order valence-corrected chi connectivity index (χ3v) is 3.06. The normalized spacial score (nSPS) is 10.8. The van der Waals surface area contributed by atoms with E-state index in [0.717, 1.165) is 0 Å². The van der Waals surface area contributed by atoms with Gasteiger partial charge in [0.1, 0.15) is 17.1 Å². The summed E-state index contributed by atoms with van der Waals surface area (Å²) in [7, 11) is 2.96. The van der Waals surface area contributed by atoms with Crippen molar-refractivity contribution in [2.45, 2.75) is 32.8 Å². The van der Waals surface area contributed by atoms with Crippen LogP contribution in [0.3, 0.4) is 0 Å². The average Bonchev–Trinajstić information content (AvgIpc) is 2.45. The Balaban J connectivity index is 2.57. The van der Waals surface area contributed by atoms with E-state index in [2.05, 4.69) is 10.6 Å². The quantitative estimate of drug-likeness (QED) is 0.815. The van der Waals surface area contributed by atoms with Crippen LogP contribution in [0.25, 0.3) is 0 Å². The number of anilines is 1. The van der Waals surface area contributed by atoms with Crippen LogP contribution in [-0.4, -0.2) is 38.4 Å². The molecule has 0 spiro atoms. The first-order chi connectivity index (χ1) is 11.2. The minimum Gasteiger partial charge on any atom is -0.495 e. The van der Waals surface area contributed by atoms with Gasteiger partial charge in [0, 0.05) is 19.0 Å². The van der Waals surface area contributed by atoms with Crippen LogP contribution in [0.4, 0.5) is 10.5 Å². The maximum Gasteiger partial charge on any atom is 0.407 e. The first-order valence-corrected chi connectivity index (χ1v) is 7.72. The number of benzene rings is 1. The molecule has 0 aliphatic heterocycles. The molecule has 0 radical (unpaired) electrons. The summed E-state index contributed by atoms with van der Waals surface area (Å²) in [5.41, 5.74) is -0.162. The average molecular weight is 359 g/mol. The van der Waals surface area contributed by atoms with Crippen molar-refractivity contribution in [3.8, 4) is 11.5 Å². The molecule has 0 fully saturated rings. The monoisotopic (exact) mass is 358 g/mol. The second-order valence-electron chi connectivity index (χ2n) is 5.91. The molecule has 0 bridgehead atoms. The van der Waals surface area contributed by atoms with Crippen molar-refractivity contribution in [3.05, 3.63) is 17.2 Å². The molecule has 1 aromatic rings. The number of amides is 2. The molecule has 2 N–H and O–H groups in total. The van der Waals surface area contributed by atoms with Crippen molar-refractivity contribution in [2.24, 2.45) is 0 Å². The van der Waals surface area contributed by atoms with Crippen LogP contribution in [0.15, 0.2) is 12.1 Å². The number of nitrogens with one attached hydrogen (secondary N) is 2. The maximum absolute atomic E-state index is 12.0. The van der Waals surface area contributed by atoms with Crippen LogP contribution in [0.2, 0.25) is 5.02 Å². The number of hydrogen-bond acceptors (Lipinski definition) is 5. The Bertz CT molecular complexity index is 599. The molecule has 1 aromatic carbocycles. The number of carbonyl (C=O) groups is 2. The highest BCUT2D eigenvalue weighted by Gasteiger charge is 2.16. The van der Waals surface area contributed by atoms with E-state index in [-0.39, 0.29) is 18.9 Å². The number of halogens is 1. The van der Waals surface area contributed by atoms with E-state index >= 15 is 0 Å². The van der Waals surface area contributed by atoms with E-state index in [0.29, 0.717) is 22.2 Å². The van der Waals surface area contributed by atoms with Crippen LogP contribution in [0.5, 0.6) is 11.5 Å². The van der Waals surface area contributed by atoms with Gasteiger partial charge >= 0.3 is 6.09 Å². The van der Waals surface area contributed by atoms with Gasteiger partial charge in [-0.1, -0.05) is 11.6 Å². The Labute approximate surface area is 146 Å². The molecule has 8 heteroatoms. The molecular formula is C16H23ClN2O5. The zero-order valence-corrected chi connectivity index (χ0v) is 15.2. The Morgan fingerprint density at radius 2 is 1.75 bits per heavy atom. The lowest BCUT2D eigenvalue weighted by Gasteiger charge is -2.19. The molecule has 0 heterocycles. The number of hydrogen-bond donors (Lipinski definition) is 2. The molecule has 0 unspecified atom stereocenters. The number of ether oxygens (including phenoxy) is 3. The van der Waals surface area contributed by atoms with Crippen LogP contribution in [0.1, 0.15) is 27.2 Å². The van der Waals surface area contributed by atoms with Crippen molar-refractivity contribution in [1.82, 2.24) is 5.32 Å². The molecule has 0 aliphatic rings. The molecule has 0 aliphatic carbocycles. The zero-order chi connectivity index (χ0) is 18.3. The molecular weight excluding hydrogens is 336 g/mol. The minimum atomic E-state index is -0.584. The van der Waals surface area contributed by atoms with E-state index in [1.807, 2.05) is 0 Å². The third-order valence-electron chi connectivity index (χ3n) is 2.77. The summed E-state index contributed by atoms with van der Waals surface area (Å²) in [5.74, 6) is 0.563. The van der Waals surface area contributed by atoms with Crippen molar-refractivity contribution in [1.29, 1.82) is 0 Å². The van der Waals surface area contributed by atoms with Crippen molar-refractivity contribution >= 4 is 29.3 Å². The highest BCUT2D eigenvalue weighted by atomic mass is 35.5. The molecule has 0 atom stereocenters. The van der Waals surface area contributed by atoms with E-state index in [4.69, 9.17) is 25.8 Å². The fourth-order valence-corrected chi connectivity index (χ4v) is 2.00. The Morgan fingerprint density at radius 3 is 2.29 bits per heavy atom. The molecule has 0 saturated heterocycles. The van der Waals surface area contributed by atoms with E-state index in [9.17, 15) is 9.59 Å². The van der Waals surface area contributed by atoms with Crippen LogP contribution in [-0.2, 0) is 9.53 Å². The standard InChI is InChI=1S/C16H23ClN2O5/c1-16(2,3)24-15(21)18-7-6-14(20)19-11-8-10(17)12(22-4)9-13(11)23-5/h8-9H,6-7H2,1-5H3,(H,18,21)(H,19,20). The summed E-state index contributed by atoms with van der Waals surface area (Å²) >= 11 is 6.04. The second kappa shape index (κ2) is 8.63. The van der Waals surface area contributed by atoms with Gasteiger partial charge in [0.25, 0.3) is 0 Å². The smallest absolute Gasteiger partial charge is 0.407 e. The molecule has 0 aromatic heterocycles. The van der Waals surface area contributed by atoms with Crippen molar-refractivity contribution in [2.75, 3.05) is 26.1 Å². The molecule has 1 rings (SSSR count). The first kappa shape index (κ1) is 19.9. The first-order valence-electron chi connectivity index (χ1n) is 7.34. The van der Waals surface area contributed by atoms with E-state index < -0.39 is 11.7 Å². The van der Waals surface area contributed by atoms with Gasteiger partial charge in [0.2, 0.25) is 5.91 Å². The minimum absolute atomic E-state index is 0.0754. The summed E-state index contributed by atoms with van der Waals surface area (Å²) in [6.07, 6.45) is -0.494. The van der Waals surface area contributed by atoms with Gasteiger partial charge in [0.15, 0.2) is 0 Å². The fraction of sp³-hybridized carbons (Fsp3) is 0.500. The lowest BCUT2D eigenvalue weighted by Crippen LogP contribution is -2.34. The van der Waals surface area contributed by atoms with Crippen LogP contribution >= 0.6 is 11.6 Å². The van der Waals surface area contributed by atoms with Crippen molar-refractivity contribution in [3.63, 3.8) is 0 Å². The van der Waals surface area contributed by atoms with Gasteiger partial charge in [-0.2, -0.15) is 0 Å². The van der Waals surface area contributed by atoms with Gasteiger partial charge in [-0.15, -0.1) is 0 Å². The lowest BCUT2D eigenvalue weighted by molar-refractivity contribution is -0.116. The SMILES string of the molecule is COc1cc(OC)c(NC(=O)CCNC(=O)OC(C)(C)C)cc1Cl. The van der Waals surface area contributed by atoms with Gasteiger partial charge in [-0.3, -0.25) is 4.79 Å². The number of carbonyl (C=O) groups excluding carboxylic acids is 2. The molecule has 7 nitrogen and oxygen atoms in total. The third kappa shape index (κ3) is 6.54. The number of alkyl carbamates (subject to hydrolysis) is 1. The summed E-state index contributed by atoms with van der Waals surface area (Å²) < 4.78 is 15.4. The van der Waals surface area contributed by atoms with Gasteiger partial charge < -0.3 is 24.8 Å². The summed E-state index contributed by atoms with van der Waals surface area (Å²) in [6.45, 7) is 5.43. The molecule has 134 valence electrons. The number of methoxy groups -OCH3 is 2. The number of rotatable bonds is 6. The Hall–Kier alpha value is -2.15. The predicted octanol–water partition coefficient (Wildman–Crippen LogP) is 3.21. The molecule has 0 saturated carbocycles. The van der Waals surface area contributed by atoms with Crippen molar-refractivity contribution < 1.29 is 23.8 Å². The Morgan fingerprint density at radius 1 is 1.12 bits per heavy atom. The molecule has 2 amide bonds. The fourth-order valence-electron chi connectivity index (χ4n) is 1.76. The summed E-state index contributed by atoms with van der Waals surface area (Å²) in [4.78, 5) is 23.5. The highest BCUT2D eigenvalue weighted by molar-refractivity contribution is 6.32. The lowest BCUT2D eigenvalue weighted by atomic mass is 10.2. The van der Waals surface area contributed by atoms with Crippen LogP contribution < -0.4 is 20.1 Å². The topological polar surface area (TPSA) is 85.9 Å². The van der Waals surface area contributed by atoms with Gasteiger partial charge in [0.05, 0.1) is 24.9 Å². The van der Waals surface area contributed by atoms with E-state index in [1.165, 1.54) is 14.2 Å². The summed E-state index contributed by atoms with van der Waals surface area (Å²) in [5, 5.41) is 5.54. The maximum atomic E-state index is 12.0. The second-order valence-corrected chi connectivity index (χ2v) is 6.32. The largest absolute Gasteiger partial charge is 0.495 e. The van der Waals surface area contributed by atoms with Crippen LogP contribution in [0, 0.1) is 0 Å². The van der Waals surface area contributed by atoms with Gasteiger partial charge in [-0.05, 0) is 26.8 Å². The van der Waals surface area contributed by atoms with E-state index in [1.54, 1.807) is 32.9 Å². The zero-order valence-electron chi connectivity index (χ0n) is 14.5. The molecule has 24 heavy (non-hydrogen) atoms. The summed E-state index contributed by atoms with van der Waals surface area (Å²) in [6, 6.07) is 3.12. The van der Waals surface area contributed by atoms with Gasteiger partial charge in [-0.25, -0.2) is 4.79 Å². The highest BCUT2D eigenvalue weighted by Crippen LogP contribution is 2.35.